The third-order valence-corrected chi connectivity index (χ3v) is 6.93. The van der Waals surface area contributed by atoms with Crippen molar-refractivity contribution < 1.29 is 28.6 Å². The van der Waals surface area contributed by atoms with Gasteiger partial charge in [-0.1, -0.05) is 40.0 Å². The fourth-order valence-electron chi connectivity index (χ4n) is 5.05. The molecule has 3 aliphatic heterocycles. The van der Waals surface area contributed by atoms with Crippen LogP contribution in [0.15, 0.2) is 0 Å². The van der Waals surface area contributed by atoms with Gasteiger partial charge in [-0.25, -0.2) is 9.59 Å². The highest BCUT2D eigenvalue weighted by molar-refractivity contribution is 5.90. The van der Waals surface area contributed by atoms with Crippen LogP contribution in [0.2, 0.25) is 0 Å². The Bertz CT molecular complexity index is 694. The van der Waals surface area contributed by atoms with Crippen LogP contribution in [0.3, 0.4) is 0 Å². The second-order valence-corrected chi connectivity index (χ2v) is 10.6. The van der Waals surface area contributed by atoms with E-state index < -0.39 is 29.6 Å². The number of carbonyl (C=O) groups is 3. The van der Waals surface area contributed by atoms with Crippen molar-refractivity contribution >= 4 is 18.0 Å². The lowest BCUT2D eigenvalue weighted by Gasteiger charge is -2.35. The Morgan fingerprint density at radius 3 is 2.52 bits per heavy atom. The summed E-state index contributed by atoms with van der Waals surface area (Å²) in [6, 6.07) is -0.804. The first-order valence-corrected chi connectivity index (χ1v) is 12.4. The van der Waals surface area contributed by atoms with Crippen LogP contribution in [0.1, 0.15) is 72.1 Å². The Kier molecular flexibility index (Phi) is 8.98. The van der Waals surface area contributed by atoms with E-state index in [1.807, 2.05) is 20.8 Å². The van der Waals surface area contributed by atoms with Crippen LogP contribution in [-0.4, -0.2) is 80.0 Å². The molecule has 3 rings (SSSR count). The third kappa shape index (κ3) is 7.06. The monoisotopic (exact) mass is 467 g/mol. The zero-order valence-electron chi connectivity index (χ0n) is 20.6. The lowest BCUT2D eigenvalue weighted by molar-refractivity contribution is -0.152. The Morgan fingerprint density at radius 1 is 1.06 bits per heavy atom. The number of rotatable bonds is 1. The fourth-order valence-corrected chi connectivity index (χ4v) is 5.05. The summed E-state index contributed by atoms with van der Waals surface area (Å²) in [5, 5.41) is 6.46. The smallest absolute Gasteiger partial charge is 0.407 e. The highest BCUT2D eigenvalue weighted by Gasteiger charge is 2.46. The maximum atomic E-state index is 13.6. The Labute approximate surface area is 197 Å². The van der Waals surface area contributed by atoms with Crippen LogP contribution in [0.5, 0.6) is 0 Å². The van der Waals surface area contributed by atoms with E-state index in [-0.39, 0.29) is 24.6 Å². The van der Waals surface area contributed by atoms with Crippen molar-refractivity contribution in [2.24, 2.45) is 5.41 Å². The summed E-state index contributed by atoms with van der Waals surface area (Å²) in [5.74, 6) is -0.788. The summed E-state index contributed by atoms with van der Waals surface area (Å²) in [6.45, 7) is 6.81. The lowest BCUT2D eigenvalue weighted by atomic mass is 9.85. The Morgan fingerprint density at radius 2 is 1.79 bits per heavy atom. The lowest BCUT2D eigenvalue weighted by Crippen LogP contribution is -2.57. The first-order valence-electron chi connectivity index (χ1n) is 12.4. The van der Waals surface area contributed by atoms with Crippen molar-refractivity contribution in [3.05, 3.63) is 0 Å². The van der Waals surface area contributed by atoms with Crippen molar-refractivity contribution in [3.8, 4) is 0 Å². The second kappa shape index (κ2) is 11.5. The molecule has 3 aliphatic rings. The summed E-state index contributed by atoms with van der Waals surface area (Å²) in [6.07, 6.45) is 6.89. The largest absolute Gasteiger partial charge is 0.467 e. The van der Waals surface area contributed by atoms with E-state index in [1.54, 1.807) is 0 Å². The molecule has 0 aliphatic carbocycles. The average molecular weight is 468 g/mol. The van der Waals surface area contributed by atoms with E-state index in [9.17, 15) is 14.4 Å². The number of alkyl carbamates (subject to hydrolysis) is 1. The van der Waals surface area contributed by atoms with Gasteiger partial charge in [0, 0.05) is 25.0 Å². The van der Waals surface area contributed by atoms with Gasteiger partial charge in [-0.15, -0.1) is 0 Å². The number of cyclic esters (lactones) is 1. The van der Waals surface area contributed by atoms with E-state index in [4.69, 9.17) is 14.2 Å². The van der Waals surface area contributed by atoms with Crippen molar-refractivity contribution in [2.45, 2.75) is 102 Å². The van der Waals surface area contributed by atoms with E-state index in [2.05, 4.69) is 10.6 Å². The molecular formula is C24H41N3O6. The number of esters is 1. The van der Waals surface area contributed by atoms with Gasteiger partial charge in [0.05, 0.1) is 26.4 Å². The van der Waals surface area contributed by atoms with Crippen molar-refractivity contribution in [1.29, 1.82) is 0 Å². The van der Waals surface area contributed by atoms with E-state index in [0.29, 0.717) is 25.7 Å². The first kappa shape index (κ1) is 25.7. The predicted molar refractivity (Wildman–Crippen MR) is 123 cm³/mol. The molecule has 9 nitrogen and oxygen atoms in total. The zero-order valence-corrected chi connectivity index (χ0v) is 20.6. The molecule has 0 aromatic carbocycles. The van der Waals surface area contributed by atoms with Crippen LogP contribution < -0.4 is 10.6 Å². The molecule has 3 saturated heterocycles. The van der Waals surface area contributed by atoms with Gasteiger partial charge in [0.1, 0.15) is 12.1 Å². The number of carbonyl (C=O) groups excluding carboxylic acids is 3. The molecule has 4 bridgehead atoms. The highest BCUT2D eigenvalue weighted by Crippen LogP contribution is 2.28. The minimum atomic E-state index is -0.837. The first-order chi connectivity index (χ1) is 15.7. The summed E-state index contributed by atoms with van der Waals surface area (Å²) in [7, 11) is 1.32. The van der Waals surface area contributed by atoms with Gasteiger partial charge in [-0.2, -0.15) is 0 Å². The fraction of sp³-hybridized carbons (Fsp3) is 0.875. The number of nitrogens with zero attached hydrogens (tertiary/aromatic N) is 1. The highest BCUT2D eigenvalue weighted by atomic mass is 16.5. The van der Waals surface area contributed by atoms with Crippen LogP contribution in [0, 0.1) is 5.41 Å². The number of hydrogen-bond donors (Lipinski definition) is 2. The Hall–Kier alpha value is -1.87. The number of ether oxygens (including phenoxy) is 3. The molecule has 3 fully saturated rings. The molecule has 0 spiro atoms. The van der Waals surface area contributed by atoms with Crippen molar-refractivity contribution in [3.63, 3.8) is 0 Å². The molecule has 33 heavy (non-hydrogen) atoms. The van der Waals surface area contributed by atoms with Crippen LogP contribution in [-0.2, 0) is 23.8 Å². The third-order valence-electron chi connectivity index (χ3n) is 6.93. The molecule has 2 amide bonds. The second-order valence-electron chi connectivity index (χ2n) is 10.6. The van der Waals surface area contributed by atoms with Crippen LogP contribution >= 0.6 is 0 Å². The predicted octanol–water partition coefficient (Wildman–Crippen LogP) is 2.37. The molecule has 0 aromatic heterocycles. The summed E-state index contributed by atoms with van der Waals surface area (Å²) >= 11 is 0. The zero-order chi connectivity index (χ0) is 24.0. The Balaban J connectivity index is 1.79. The number of amides is 2. The minimum Gasteiger partial charge on any atom is -0.467 e. The molecule has 0 aromatic rings. The van der Waals surface area contributed by atoms with Gasteiger partial charge in [-0.3, -0.25) is 4.79 Å². The van der Waals surface area contributed by atoms with E-state index in [1.165, 1.54) is 24.9 Å². The maximum Gasteiger partial charge on any atom is 0.407 e. The molecule has 2 N–H and O–H groups in total. The molecule has 0 saturated carbocycles. The van der Waals surface area contributed by atoms with E-state index >= 15 is 0 Å². The van der Waals surface area contributed by atoms with E-state index in [0.717, 1.165) is 32.1 Å². The van der Waals surface area contributed by atoms with Gasteiger partial charge in [0.25, 0.3) is 0 Å². The van der Waals surface area contributed by atoms with Gasteiger partial charge < -0.3 is 29.7 Å². The SMILES string of the molecule is COC(=O)[C@@H]1C[C@@H]2CN1C(=O)[C@H](C(C)(C)C)NC(=O)OCCCCCC1CCCC(CO2)N1. The molecule has 3 heterocycles. The quantitative estimate of drug-likeness (QED) is 0.570. The number of methoxy groups -OCH3 is 1. The van der Waals surface area contributed by atoms with Gasteiger partial charge in [0.2, 0.25) is 5.91 Å². The van der Waals surface area contributed by atoms with Crippen molar-refractivity contribution in [1.82, 2.24) is 15.5 Å². The van der Waals surface area contributed by atoms with Crippen LogP contribution in [0.4, 0.5) is 4.79 Å². The standard InChI is InChI=1S/C24H41N3O6/c1-24(2,3)20-21(28)27-14-18(13-19(27)22(29)31-4)33-15-17-11-8-10-16(25-17)9-6-5-7-12-32-23(30)26-20/h16-20,25H,5-15H2,1-4H3,(H,26,30)/t16?,17?,18-,19+,20-/m1/s1. The average Bonchev–Trinajstić information content (AvgIpc) is 3.21. The molecule has 5 atom stereocenters. The molecule has 0 radical (unpaired) electrons. The van der Waals surface area contributed by atoms with Crippen LogP contribution in [0.25, 0.3) is 0 Å². The molecule has 9 heteroatoms. The normalized spacial score (nSPS) is 32.8. The van der Waals surface area contributed by atoms with Gasteiger partial charge >= 0.3 is 12.1 Å². The molecule has 2 unspecified atom stereocenters. The summed E-state index contributed by atoms with van der Waals surface area (Å²) < 4.78 is 16.5. The number of piperidine rings is 1. The maximum absolute atomic E-state index is 13.6. The van der Waals surface area contributed by atoms with Gasteiger partial charge in [0.15, 0.2) is 0 Å². The number of nitrogens with one attached hydrogen (secondary N) is 2. The topological polar surface area (TPSA) is 106 Å². The molecular weight excluding hydrogens is 426 g/mol. The van der Waals surface area contributed by atoms with Gasteiger partial charge in [-0.05, 0) is 31.1 Å². The minimum absolute atomic E-state index is 0.258. The van der Waals surface area contributed by atoms with Crippen molar-refractivity contribution in [2.75, 3.05) is 26.9 Å². The number of fused-ring (bicyclic) bond motifs is 4. The summed E-state index contributed by atoms with van der Waals surface area (Å²) in [5.41, 5.74) is -0.572. The summed E-state index contributed by atoms with van der Waals surface area (Å²) in [4.78, 5) is 40.1. The number of hydrogen-bond acceptors (Lipinski definition) is 7. The molecule has 188 valence electrons.